The minimum Gasteiger partial charge on any atom is -0.778 e. The molecule has 0 N–H and O–H groups in total. The zero-order valence-electron chi connectivity index (χ0n) is 4.97. The van der Waals surface area contributed by atoms with Crippen LogP contribution in [0.4, 0.5) is 0 Å². The van der Waals surface area contributed by atoms with Crippen LogP contribution in [0.1, 0.15) is 0 Å². The Morgan fingerprint density at radius 3 is 2.44 bits per heavy atom. The van der Waals surface area contributed by atoms with Gasteiger partial charge in [-0.05, 0) is 6.07 Å². The van der Waals surface area contributed by atoms with Crippen molar-refractivity contribution in [3.05, 3.63) is 23.5 Å². The predicted molar refractivity (Wildman–Crippen MR) is 34.9 cm³/mol. The van der Waals surface area contributed by atoms with Crippen molar-refractivity contribution in [1.82, 2.24) is 4.98 Å². The van der Waals surface area contributed by atoms with Gasteiger partial charge in [0, 0.05) is 6.20 Å². The Morgan fingerprint density at radius 2 is 2.11 bits per heavy atom. The minimum atomic E-state index is 0. The first-order valence-corrected chi connectivity index (χ1v) is 2.86. The molecule has 0 atom stereocenters. The molecular weight excluding hydrogens is 165 g/mol. The van der Waals surface area contributed by atoms with Gasteiger partial charge in [-0.3, -0.25) is 0 Å². The van der Waals surface area contributed by atoms with Crippen LogP contribution in [0.25, 0.3) is 0 Å². The summed E-state index contributed by atoms with van der Waals surface area (Å²) in [6.07, 6.45) is 1.55. The number of hydrogen-bond donors (Lipinski definition) is 0. The zero-order chi connectivity index (χ0) is 5.98. The van der Waals surface area contributed by atoms with E-state index in [-0.39, 0.29) is 29.6 Å². The Balaban J connectivity index is 0.000000640. The summed E-state index contributed by atoms with van der Waals surface area (Å²) in [5.74, 6) is 0. The van der Waals surface area contributed by atoms with E-state index in [1.807, 2.05) is 0 Å². The normalized spacial score (nSPS) is 8.11. The number of nitrogens with zero attached hydrogens (tertiary/aromatic N) is 1. The van der Waals surface area contributed by atoms with E-state index in [9.17, 15) is 0 Å². The van der Waals surface area contributed by atoms with Gasteiger partial charge in [-0.1, -0.05) is 17.7 Å². The average molecular weight is 168 g/mol. The number of aromatic nitrogens is 1. The molecule has 0 aliphatic heterocycles. The van der Waals surface area contributed by atoms with Gasteiger partial charge in [-0.15, -0.1) is 0 Å². The zero-order valence-corrected chi connectivity index (χ0v) is 8.54. The number of hydrogen-bond acceptors (Lipinski definition) is 2. The maximum absolute atomic E-state index is 5.45. The predicted octanol–water partition coefficient (Wildman–Crippen LogP) is -1.36. The van der Waals surface area contributed by atoms with Crippen molar-refractivity contribution in [2.75, 3.05) is 0 Å². The molecule has 1 aromatic rings. The molecule has 9 heavy (non-hydrogen) atoms. The summed E-state index contributed by atoms with van der Waals surface area (Å²) >= 11 is 10.2. The molecular formula is C5H3ClNNaS. The second-order valence-electron chi connectivity index (χ2n) is 1.32. The van der Waals surface area contributed by atoms with Crippen molar-refractivity contribution < 1.29 is 29.6 Å². The molecule has 4 heteroatoms. The van der Waals surface area contributed by atoms with Crippen LogP contribution in [-0.4, -0.2) is 4.98 Å². The Bertz CT molecular complexity index is 156. The third-order valence-electron chi connectivity index (χ3n) is 0.700. The molecule has 0 bridgehead atoms. The van der Waals surface area contributed by atoms with Crippen LogP contribution in [0.15, 0.2) is 23.2 Å². The van der Waals surface area contributed by atoms with Gasteiger partial charge in [-0.25, -0.2) is 4.98 Å². The molecule has 1 aromatic heterocycles. The van der Waals surface area contributed by atoms with Gasteiger partial charge >= 0.3 is 29.6 Å². The second kappa shape index (κ2) is 4.47. The van der Waals surface area contributed by atoms with E-state index in [0.29, 0.717) is 5.15 Å². The van der Waals surface area contributed by atoms with Gasteiger partial charge in [0.05, 0.1) is 0 Å². The summed E-state index contributed by atoms with van der Waals surface area (Å²) in [5, 5.41) is 0.485. The molecule has 1 nitrogen and oxygen atoms in total. The molecule has 0 aromatic carbocycles. The molecule has 0 saturated heterocycles. The number of rotatable bonds is 0. The van der Waals surface area contributed by atoms with E-state index >= 15 is 0 Å². The largest absolute Gasteiger partial charge is 1.00 e. The van der Waals surface area contributed by atoms with Crippen molar-refractivity contribution >= 4 is 24.2 Å². The first kappa shape index (κ1) is 9.66. The molecule has 1 heterocycles. The topological polar surface area (TPSA) is 12.9 Å². The number of halogens is 1. The fraction of sp³-hybridized carbons (Fsp3) is 0. The van der Waals surface area contributed by atoms with Gasteiger partial charge in [0.1, 0.15) is 5.15 Å². The van der Waals surface area contributed by atoms with Crippen molar-refractivity contribution in [2.24, 2.45) is 0 Å². The number of pyridine rings is 1. The molecule has 0 spiro atoms. The van der Waals surface area contributed by atoms with Crippen molar-refractivity contribution in [2.45, 2.75) is 4.90 Å². The standard InChI is InChI=1S/C5H4ClNS.Na/c6-5-2-1-4(8)3-7-5;/h1-3,8H;/q;+1/p-1. The average Bonchev–Trinajstić information content (AvgIpc) is 1.77. The van der Waals surface area contributed by atoms with E-state index in [4.69, 9.17) is 24.2 Å². The molecule has 42 valence electrons. The molecule has 0 aliphatic carbocycles. The first-order chi connectivity index (χ1) is 3.79. The van der Waals surface area contributed by atoms with Gasteiger partial charge in [0.15, 0.2) is 0 Å². The van der Waals surface area contributed by atoms with Crippen molar-refractivity contribution in [1.29, 1.82) is 0 Å². The fourth-order valence-electron chi connectivity index (χ4n) is 0.362. The maximum atomic E-state index is 5.45. The SMILES string of the molecule is [Na+].[S-]c1ccc(Cl)nc1. The van der Waals surface area contributed by atoms with Crippen LogP contribution >= 0.6 is 11.6 Å². The summed E-state index contributed by atoms with van der Waals surface area (Å²) in [5.41, 5.74) is 0. The third kappa shape index (κ3) is 3.38. The van der Waals surface area contributed by atoms with E-state index in [0.717, 1.165) is 4.90 Å². The molecule has 0 fully saturated rings. The summed E-state index contributed by atoms with van der Waals surface area (Å²) < 4.78 is 0. The molecule has 0 unspecified atom stereocenters. The van der Waals surface area contributed by atoms with Crippen LogP contribution in [0, 0.1) is 0 Å². The van der Waals surface area contributed by atoms with Gasteiger partial charge in [0.25, 0.3) is 0 Å². The van der Waals surface area contributed by atoms with E-state index in [1.165, 1.54) is 0 Å². The van der Waals surface area contributed by atoms with Crippen LogP contribution in [0.2, 0.25) is 5.15 Å². The van der Waals surface area contributed by atoms with E-state index in [2.05, 4.69) is 4.98 Å². The Kier molecular flexibility index (Phi) is 4.80. The van der Waals surface area contributed by atoms with Crippen LogP contribution < -0.4 is 29.6 Å². The summed E-state index contributed by atoms with van der Waals surface area (Å²) in [6.45, 7) is 0. The molecule has 0 saturated carbocycles. The fourth-order valence-corrected chi connectivity index (χ4v) is 0.595. The van der Waals surface area contributed by atoms with Crippen molar-refractivity contribution in [3.8, 4) is 0 Å². The molecule has 0 amide bonds. The quantitative estimate of drug-likeness (QED) is 0.269. The third-order valence-corrected chi connectivity index (χ3v) is 1.17. The monoisotopic (exact) mass is 167 g/mol. The summed E-state index contributed by atoms with van der Waals surface area (Å²) in [4.78, 5) is 4.46. The molecule has 0 radical (unpaired) electrons. The van der Waals surface area contributed by atoms with E-state index in [1.54, 1.807) is 18.3 Å². The summed E-state index contributed by atoms with van der Waals surface area (Å²) in [6, 6.07) is 3.41. The molecule has 0 aliphatic rings. The van der Waals surface area contributed by atoms with Gasteiger partial charge < -0.3 is 12.6 Å². The Labute approximate surface area is 86.5 Å². The van der Waals surface area contributed by atoms with Crippen LogP contribution in [-0.2, 0) is 12.6 Å². The van der Waals surface area contributed by atoms with Crippen LogP contribution in [0.5, 0.6) is 0 Å². The Morgan fingerprint density at radius 1 is 1.44 bits per heavy atom. The van der Waals surface area contributed by atoms with Gasteiger partial charge in [0.2, 0.25) is 0 Å². The van der Waals surface area contributed by atoms with Crippen molar-refractivity contribution in [3.63, 3.8) is 0 Å². The molecule has 1 rings (SSSR count). The van der Waals surface area contributed by atoms with Gasteiger partial charge in [-0.2, -0.15) is 4.90 Å². The maximum Gasteiger partial charge on any atom is 1.00 e. The Hall–Kier alpha value is 0.660. The minimum absolute atomic E-state index is 0. The first-order valence-electron chi connectivity index (χ1n) is 2.07. The van der Waals surface area contributed by atoms with E-state index < -0.39 is 0 Å². The smallest absolute Gasteiger partial charge is 0.778 e. The second-order valence-corrected chi connectivity index (χ2v) is 2.18. The van der Waals surface area contributed by atoms with Crippen LogP contribution in [0.3, 0.4) is 0 Å². The summed E-state index contributed by atoms with van der Waals surface area (Å²) in [7, 11) is 0.